The van der Waals surface area contributed by atoms with Crippen LogP contribution in [0.1, 0.15) is 25.0 Å². The van der Waals surface area contributed by atoms with Crippen molar-refractivity contribution in [3.63, 3.8) is 0 Å². The van der Waals surface area contributed by atoms with Crippen molar-refractivity contribution in [1.82, 2.24) is 14.8 Å². The number of hydrogen-bond donors (Lipinski definition) is 0. The second kappa shape index (κ2) is 6.14. The molecule has 5 heteroatoms. The van der Waals surface area contributed by atoms with Crippen LogP contribution in [0.4, 0.5) is 0 Å². The number of nitrogens with zero attached hydrogens (tertiary/aromatic N) is 3. The fourth-order valence-electron chi connectivity index (χ4n) is 1.33. The smallest absolute Gasteiger partial charge is 0.143 e. The summed E-state index contributed by atoms with van der Waals surface area (Å²) in [6, 6.07) is 0. The van der Waals surface area contributed by atoms with Crippen LogP contribution in [0.2, 0.25) is 0 Å². The van der Waals surface area contributed by atoms with Crippen molar-refractivity contribution in [2.24, 2.45) is 0 Å². The molecule has 1 heterocycles. The van der Waals surface area contributed by atoms with Gasteiger partial charge in [0, 0.05) is 20.1 Å². The molecule has 1 aromatic heterocycles. The Morgan fingerprint density at radius 2 is 2.07 bits per heavy atom. The van der Waals surface area contributed by atoms with Gasteiger partial charge in [0.05, 0.1) is 11.9 Å². The van der Waals surface area contributed by atoms with E-state index in [9.17, 15) is 0 Å². The first-order chi connectivity index (χ1) is 6.83. The summed E-state index contributed by atoms with van der Waals surface area (Å²) < 4.78 is 7.19. The fraction of sp³-hybridized carbons (Fsp3) is 0.778. The Morgan fingerprint density at radius 3 is 2.64 bits per heavy atom. The van der Waals surface area contributed by atoms with Gasteiger partial charge in [-0.25, -0.2) is 0 Å². The minimum Gasteiger partial charge on any atom is -0.384 e. The second-order valence-corrected chi connectivity index (χ2v) is 3.62. The topological polar surface area (TPSA) is 39.9 Å². The molecule has 1 rings (SSSR count). The van der Waals surface area contributed by atoms with E-state index in [1.54, 1.807) is 7.11 Å². The van der Waals surface area contributed by atoms with Crippen LogP contribution in [-0.2, 0) is 23.0 Å². The Hall–Kier alpha value is -0.420. The number of methoxy groups -OCH3 is 1. The van der Waals surface area contributed by atoms with Gasteiger partial charge < -0.3 is 9.30 Å². The maximum atomic E-state index is 5.03. The summed E-state index contributed by atoms with van der Waals surface area (Å²) in [5.74, 6) is 2.01. The molecular weight excluding hydrogens is 246 g/mol. The highest BCUT2D eigenvalue weighted by Crippen LogP contribution is 2.08. The first-order valence-electron chi connectivity index (χ1n) is 4.79. The highest BCUT2D eigenvalue weighted by atomic mass is 79.9. The van der Waals surface area contributed by atoms with Gasteiger partial charge in [-0.1, -0.05) is 22.9 Å². The van der Waals surface area contributed by atoms with Crippen molar-refractivity contribution in [3.05, 3.63) is 11.6 Å². The van der Waals surface area contributed by atoms with E-state index in [1.165, 1.54) is 0 Å². The highest BCUT2D eigenvalue weighted by Gasteiger charge is 2.09. The van der Waals surface area contributed by atoms with E-state index in [0.717, 1.165) is 36.4 Å². The lowest BCUT2D eigenvalue weighted by molar-refractivity contribution is 0.199. The van der Waals surface area contributed by atoms with Crippen LogP contribution in [0.15, 0.2) is 0 Å². The molecule has 0 amide bonds. The predicted octanol–water partition coefficient (Wildman–Crippen LogP) is 1.77. The first kappa shape index (κ1) is 11.7. The number of rotatable bonds is 6. The number of halogens is 1. The van der Waals surface area contributed by atoms with Crippen molar-refractivity contribution in [1.29, 1.82) is 0 Å². The van der Waals surface area contributed by atoms with Gasteiger partial charge in [0.2, 0.25) is 0 Å². The number of aromatic nitrogens is 3. The Bertz CT molecular complexity index is 275. The molecule has 0 atom stereocenters. The normalized spacial score (nSPS) is 10.8. The SMILES string of the molecule is CCCn1c(CBr)nnc1CCOC. The molecule has 0 aromatic carbocycles. The van der Waals surface area contributed by atoms with Crippen LogP contribution in [0.3, 0.4) is 0 Å². The van der Waals surface area contributed by atoms with E-state index in [2.05, 4.69) is 37.6 Å². The van der Waals surface area contributed by atoms with Crippen LogP contribution in [0, 0.1) is 0 Å². The molecule has 0 spiro atoms. The van der Waals surface area contributed by atoms with Gasteiger partial charge in [-0.05, 0) is 6.42 Å². The van der Waals surface area contributed by atoms with E-state index in [4.69, 9.17) is 4.74 Å². The Balaban J connectivity index is 2.75. The number of alkyl halides is 1. The van der Waals surface area contributed by atoms with Gasteiger partial charge in [0.25, 0.3) is 0 Å². The third-order valence-corrected chi connectivity index (χ3v) is 2.50. The molecule has 0 fully saturated rings. The van der Waals surface area contributed by atoms with E-state index in [1.807, 2.05) is 0 Å². The molecule has 0 saturated carbocycles. The van der Waals surface area contributed by atoms with Crippen LogP contribution < -0.4 is 0 Å². The third-order valence-electron chi connectivity index (χ3n) is 2.00. The lowest BCUT2D eigenvalue weighted by Gasteiger charge is -2.06. The fourth-order valence-corrected chi connectivity index (χ4v) is 1.75. The maximum Gasteiger partial charge on any atom is 0.143 e. The molecule has 4 nitrogen and oxygen atoms in total. The van der Waals surface area contributed by atoms with Gasteiger partial charge >= 0.3 is 0 Å². The van der Waals surface area contributed by atoms with Gasteiger partial charge in [0.1, 0.15) is 11.6 Å². The lowest BCUT2D eigenvalue weighted by atomic mass is 10.4. The summed E-state index contributed by atoms with van der Waals surface area (Å²) in [6.45, 7) is 3.83. The Labute approximate surface area is 92.8 Å². The van der Waals surface area contributed by atoms with Gasteiger partial charge in [-0.15, -0.1) is 10.2 Å². The van der Waals surface area contributed by atoms with Crippen molar-refractivity contribution >= 4 is 15.9 Å². The molecule has 14 heavy (non-hydrogen) atoms. The van der Waals surface area contributed by atoms with Crippen LogP contribution in [0.25, 0.3) is 0 Å². The summed E-state index contributed by atoms with van der Waals surface area (Å²) >= 11 is 3.41. The molecule has 0 unspecified atom stereocenters. The number of hydrogen-bond acceptors (Lipinski definition) is 3. The highest BCUT2D eigenvalue weighted by molar-refractivity contribution is 9.08. The zero-order valence-corrected chi connectivity index (χ0v) is 10.2. The quantitative estimate of drug-likeness (QED) is 0.733. The molecular formula is C9H16BrN3O. The second-order valence-electron chi connectivity index (χ2n) is 3.06. The maximum absolute atomic E-state index is 5.03. The van der Waals surface area contributed by atoms with Gasteiger partial charge in [-0.2, -0.15) is 0 Å². The summed E-state index contributed by atoms with van der Waals surface area (Å²) in [7, 11) is 1.70. The van der Waals surface area contributed by atoms with E-state index in [-0.39, 0.29) is 0 Å². The molecule has 0 radical (unpaired) electrons. The third kappa shape index (κ3) is 2.78. The predicted molar refractivity (Wildman–Crippen MR) is 58.5 cm³/mol. The van der Waals surface area contributed by atoms with E-state index in [0.29, 0.717) is 6.61 Å². The lowest BCUT2D eigenvalue weighted by Crippen LogP contribution is -2.08. The molecule has 0 saturated heterocycles. The Morgan fingerprint density at radius 1 is 1.36 bits per heavy atom. The summed E-state index contributed by atoms with van der Waals surface area (Å²) in [5.41, 5.74) is 0. The van der Waals surface area contributed by atoms with Crippen molar-refractivity contribution in [2.75, 3.05) is 13.7 Å². The average Bonchev–Trinajstić information content (AvgIpc) is 2.58. The van der Waals surface area contributed by atoms with Crippen LogP contribution >= 0.6 is 15.9 Å². The molecule has 80 valence electrons. The van der Waals surface area contributed by atoms with Crippen LogP contribution in [-0.4, -0.2) is 28.5 Å². The molecule has 0 bridgehead atoms. The number of ether oxygens (including phenoxy) is 1. The van der Waals surface area contributed by atoms with Crippen molar-refractivity contribution in [2.45, 2.75) is 31.6 Å². The molecule has 0 N–H and O–H groups in total. The monoisotopic (exact) mass is 261 g/mol. The minimum absolute atomic E-state index is 0.699. The largest absolute Gasteiger partial charge is 0.384 e. The standard InChI is InChI=1S/C9H16BrN3O/c1-3-5-13-8(4-6-14-2)11-12-9(13)7-10/h3-7H2,1-2H3. The van der Waals surface area contributed by atoms with Crippen LogP contribution in [0.5, 0.6) is 0 Å². The summed E-state index contributed by atoms with van der Waals surface area (Å²) in [6.07, 6.45) is 1.93. The summed E-state index contributed by atoms with van der Waals surface area (Å²) in [5, 5.41) is 9.02. The minimum atomic E-state index is 0.699. The Kier molecular flexibility index (Phi) is 5.11. The molecule has 0 aliphatic rings. The molecule has 1 aromatic rings. The zero-order valence-electron chi connectivity index (χ0n) is 8.66. The van der Waals surface area contributed by atoms with Gasteiger partial charge in [-0.3, -0.25) is 0 Å². The van der Waals surface area contributed by atoms with E-state index >= 15 is 0 Å². The summed E-state index contributed by atoms with van der Waals surface area (Å²) in [4.78, 5) is 0. The first-order valence-corrected chi connectivity index (χ1v) is 5.91. The zero-order chi connectivity index (χ0) is 10.4. The van der Waals surface area contributed by atoms with E-state index < -0.39 is 0 Å². The molecule has 0 aliphatic heterocycles. The van der Waals surface area contributed by atoms with Crippen molar-refractivity contribution in [3.8, 4) is 0 Å². The van der Waals surface area contributed by atoms with Crippen molar-refractivity contribution < 1.29 is 4.74 Å². The molecule has 0 aliphatic carbocycles. The van der Waals surface area contributed by atoms with Gasteiger partial charge in [0.15, 0.2) is 0 Å². The average molecular weight is 262 g/mol.